The second-order valence-electron chi connectivity index (χ2n) is 4.18. The number of phenols is 1. The van der Waals surface area contributed by atoms with Gasteiger partial charge in [0.25, 0.3) is 0 Å². The number of benzene rings is 1. The second-order valence-corrected chi connectivity index (χ2v) is 4.18. The molecule has 0 unspecified atom stereocenters. The number of aryl methyl sites for hydroxylation is 1. The third-order valence-corrected chi connectivity index (χ3v) is 2.87. The van der Waals surface area contributed by atoms with Crippen molar-refractivity contribution in [2.24, 2.45) is 0 Å². The number of piperazine rings is 1. The van der Waals surface area contributed by atoms with Gasteiger partial charge in [0.15, 0.2) is 0 Å². The molecule has 0 aliphatic carbocycles. The molecule has 3 heteroatoms. The van der Waals surface area contributed by atoms with Crippen molar-refractivity contribution in [3.63, 3.8) is 0 Å². The van der Waals surface area contributed by atoms with E-state index in [2.05, 4.69) is 16.7 Å². The summed E-state index contributed by atoms with van der Waals surface area (Å²) >= 11 is 0. The molecule has 0 radical (unpaired) electrons. The Morgan fingerprint density at radius 3 is 2.93 bits per heavy atom. The van der Waals surface area contributed by atoms with Gasteiger partial charge in [0.2, 0.25) is 0 Å². The minimum Gasteiger partial charge on any atom is -0.508 e. The molecule has 3 N–H and O–H groups in total. The highest BCUT2D eigenvalue weighted by molar-refractivity contribution is 5.35. The molecule has 1 aliphatic rings. The normalized spacial score (nSPS) is 21.5. The van der Waals surface area contributed by atoms with Crippen LogP contribution in [0.4, 0.5) is 0 Å². The summed E-state index contributed by atoms with van der Waals surface area (Å²) in [7, 11) is 0. The van der Waals surface area contributed by atoms with Gasteiger partial charge in [-0.2, -0.15) is 0 Å². The van der Waals surface area contributed by atoms with E-state index < -0.39 is 0 Å². The smallest absolute Gasteiger partial charge is 0.118 e. The predicted molar refractivity (Wildman–Crippen MR) is 61.2 cm³/mol. The molecule has 0 bridgehead atoms. The molecule has 1 aromatic rings. The monoisotopic (exact) mass is 206 g/mol. The van der Waals surface area contributed by atoms with E-state index in [1.165, 1.54) is 5.56 Å². The van der Waals surface area contributed by atoms with Crippen molar-refractivity contribution in [2.45, 2.75) is 19.4 Å². The van der Waals surface area contributed by atoms with E-state index in [0.29, 0.717) is 11.8 Å². The highest BCUT2D eigenvalue weighted by Gasteiger charge is 2.12. The van der Waals surface area contributed by atoms with E-state index in [9.17, 15) is 5.11 Å². The van der Waals surface area contributed by atoms with Crippen LogP contribution in [0.1, 0.15) is 11.1 Å². The van der Waals surface area contributed by atoms with Crippen LogP contribution in [-0.2, 0) is 6.42 Å². The summed E-state index contributed by atoms with van der Waals surface area (Å²) in [6, 6.07) is 6.35. The Labute approximate surface area is 90.5 Å². The van der Waals surface area contributed by atoms with E-state index in [0.717, 1.165) is 31.6 Å². The molecule has 1 saturated heterocycles. The predicted octanol–water partition coefficient (Wildman–Crippen LogP) is 0.805. The van der Waals surface area contributed by atoms with Crippen molar-refractivity contribution in [1.82, 2.24) is 10.6 Å². The lowest BCUT2D eigenvalue weighted by Crippen LogP contribution is -2.49. The quantitative estimate of drug-likeness (QED) is 0.671. The first-order valence-corrected chi connectivity index (χ1v) is 5.48. The molecule has 1 aliphatic heterocycles. The maximum atomic E-state index is 9.42. The number of hydrogen-bond acceptors (Lipinski definition) is 3. The molecule has 82 valence electrons. The van der Waals surface area contributed by atoms with Crippen LogP contribution in [0.2, 0.25) is 0 Å². The summed E-state index contributed by atoms with van der Waals surface area (Å²) in [4.78, 5) is 0. The maximum absolute atomic E-state index is 9.42. The fourth-order valence-corrected chi connectivity index (χ4v) is 1.99. The Balaban J connectivity index is 2.00. The molecule has 0 saturated carbocycles. The van der Waals surface area contributed by atoms with Gasteiger partial charge in [-0.1, -0.05) is 12.1 Å². The summed E-state index contributed by atoms with van der Waals surface area (Å²) < 4.78 is 0. The van der Waals surface area contributed by atoms with E-state index in [-0.39, 0.29) is 0 Å². The topological polar surface area (TPSA) is 44.3 Å². The molecule has 0 aromatic heterocycles. The Morgan fingerprint density at radius 2 is 2.27 bits per heavy atom. The van der Waals surface area contributed by atoms with Gasteiger partial charge in [-0.05, 0) is 30.5 Å². The van der Waals surface area contributed by atoms with Crippen molar-refractivity contribution in [1.29, 1.82) is 0 Å². The Bertz CT molecular complexity index is 332. The average molecular weight is 206 g/mol. The van der Waals surface area contributed by atoms with Gasteiger partial charge in [0.05, 0.1) is 0 Å². The second kappa shape index (κ2) is 4.64. The van der Waals surface area contributed by atoms with E-state index in [1.54, 1.807) is 6.07 Å². The molecule has 1 fully saturated rings. The zero-order valence-corrected chi connectivity index (χ0v) is 9.09. The van der Waals surface area contributed by atoms with Crippen LogP contribution in [0, 0.1) is 6.92 Å². The standard InChI is InChI=1S/C12H18N2O/c1-9-6-10(2-3-12(9)15)7-11-8-13-4-5-14-11/h2-3,6,11,13-15H,4-5,7-8H2,1H3/t11-/m0/s1. The van der Waals surface area contributed by atoms with Crippen molar-refractivity contribution in [3.8, 4) is 5.75 Å². The van der Waals surface area contributed by atoms with Crippen LogP contribution in [0.5, 0.6) is 5.75 Å². The summed E-state index contributed by atoms with van der Waals surface area (Å²) in [5.41, 5.74) is 2.24. The molecular weight excluding hydrogens is 188 g/mol. The number of nitrogens with one attached hydrogen (secondary N) is 2. The van der Waals surface area contributed by atoms with Crippen LogP contribution in [0.3, 0.4) is 0 Å². The third-order valence-electron chi connectivity index (χ3n) is 2.87. The Hall–Kier alpha value is -1.06. The highest BCUT2D eigenvalue weighted by atomic mass is 16.3. The molecule has 1 aromatic carbocycles. The van der Waals surface area contributed by atoms with Crippen molar-refractivity contribution < 1.29 is 5.11 Å². The first-order chi connectivity index (χ1) is 7.25. The number of phenolic OH excluding ortho intramolecular Hbond substituents is 1. The third kappa shape index (κ3) is 2.70. The van der Waals surface area contributed by atoms with Gasteiger partial charge in [0.1, 0.15) is 5.75 Å². The molecule has 2 rings (SSSR count). The van der Waals surface area contributed by atoms with Crippen molar-refractivity contribution in [2.75, 3.05) is 19.6 Å². The number of aromatic hydroxyl groups is 1. The molecule has 0 amide bonds. The first kappa shape index (κ1) is 10.5. The molecule has 15 heavy (non-hydrogen) atoms. The molecule has 1 atom stereocenters. The van der Waals surface area contributed by atoms with Gasteiger partial charge >= 0.3 is 0 Å². The number of rotatable bonds is 2. The molecule has 0 spiro atoms. The maximum Gasteiger partial charge on any atom is 0.118 e. The minimum absolute atomic E-state index is 0.383. The fourth-order valence-electron chi connectivity index (χ4n) is 1.99. The largest absolute Gasteiger partial charge is 0.508 e. The molecular formula is C12H18N2O. The minimum atomic E-state index is 0.383. The van der Waals surface area contributed by atoms with Gasteiger partial charge in [0, 0.05) is 25.7 Å². The van der Waals surface area contributed by atoms with Crippen LogP contribution >= 0.6 is 0 Å². The summed E-state index contributed by atoms with van der Waals surface area (Å²) in [6.45, 7) is 5.07. The van der Waals surface area contributed by atoms with E-state index >= 15 is 0 Å². The Kier molecular flexibility index (Phi) is 3.23. The van der Waals surface area contributed by atoms with Crippen LogP contribution in [-0.4, -0.2) is 30.8 Å². The molecule has 3 nitrogen and oxygen atoms in total. The van der Waals surface area contributed by atoms with Gasteiger partial charge < -0.3 is 15.7 Å². The van der Waals surface area contributed by atoms with Gasteiger partial charge in [-0.25, -0.2) is 0 Å². The van der Waals surface area contributed by atoms with Gasteiger partial charge in [-0.15, -0.1) is 0 Å². The SMILES string of the molecule is Cc1cc(C[C@H]2CNCCN2)ccc1O. The zero-order valence-electron chi connectivity index (χ0n) is 9.09. The lowest BCUT2D eigenvalue weighted by Gasteiger charge is -2.24. The highest BCUT2D eigenvalue weighted by Crippen LogP contribution is 2.17. The van der Waals surface area contributed by atoms with Gasteiger partial charge in [-0.3, -0.25) is 0 Å². The summed E-state index contributed by atoms with van der Waals surface area (Å²) in [6.07, 6.45) is 1.02. The Morgan fingerprint density at radius 1 is 1.40 bits per heavy atom. The van der Waals surface area contributed by atoms with Crippen molar-refractivity contribution in [3.05, 3.63) is 29.3 Å². The lowest BCUT2D eigenvalue weighted by molar-refractivity contribution is 0.416. The summed E-state index contributed by atoms with van der Waals surface area (Å²) in [5.74, 6) is 0.383. The van der Waals surface area contributed by atoms with E-state index in [4.69, 9.17) is 0 Å². The van der Waals surface area contributed by atoms with Crippen LogP contribution < -0.4 is 10.6 Å². The summed E-state index contributed by atoms with van der Waals surface area (Å²) in [5, 5.41) is 16.3. The fraction of sp³-hybridized carbons (Fsp3) is 0.500. The van der Waals surface area contributed by atoms with Crippen LogP contribution in [0.15, 0.2) is 18.2 Å². The average Bonchev–Trinajstić information content (AvgIpc) is 2.25. The van der Waals surface area contributed by atoms with Crippen molar-refractivity contribution >= 4 is 0 Å². The van der Waals surface area contributed by atoms with E-state index in [1.807, 2.05) is 13.0 Å². The zero-order chi connectivity index (χ0) is 10.7. The number of hydrogen-bond donors (Lipinski definition) is 3. The van der Waals surface area contributed by atoms with Crippen LogP contribution in [0.25, 0.3) is 0 Å². The lowest BCUT2D eigenvalue weighted by atomic mass is 10.0. The molecule has 1 heterocycles. The first-order valence-electron chi connectivity index (χ1n) is 5.48.